The van der Waals surface area contributed by atoms with Gasteiger partial charge in [-0.3, -0.25) is 14.4 Å². The SMILES string of the molecule is CCCN(C)C1=[N+](C)CCN1C. The summed E-state index contributed by atoms with van der Waals surface area (Å²) >= 11 is 0. The molecule has 0 spiro atoms. The molecule has 0 saturated carbocycles. The van der Waals surface area contributed by atoms with Gasteiger partial charge in [0.1, 0.15) is 0 Å². The molecule has 0 aromatic heterocycles. The lowest BCUT2D eigenvalue weighted by atomic mass is 10.4. The Labute approximate surface area is 75.3 Å². The number of guanidine groups is 1. The molecule has 0 bridgehead atoms. The molecular weight excluding hydrogens is 150 g/mol. The predicted octanol–water partition coefficient (Wildman–Crippen LogP) is 0.272. The highest BCUT2D eigenvalue weighted by Gasteiger charge is 2.27. The fourth-order valence-electron chi connectivity index (χ4n) is 1.81. The van der Waals surface area contributed by atoms with Crippen LogP contribution >= 0.6 is 0 Å². The van der Waals surface area contributed by atoms with E-state index in [2.05, 4.69) is 42.4 Å². The van der Waals surface area contributed by atoms with Gasteiger partial charge in [-0.1, -0.05) is 6.92 Å². The largest absolute Gasteiger partial charge is 0.350 e. The molecule has 3 nitrogen and oxygen atoms in total. The van der Waals surface area contributed by atoms with Crippen LogP contribution in [0.1, 0.15) is 13.3 Å². The number of rotatable bonds is 2. The van der Waals surface area contributed by atoms with Gasteiger partial charge in [-0.2, -0.15) is 0 Å². The van der Waals surface area contributed by atoms with Gasteiger partial charge in [0.25, 0.3) is 0 Å². The molecule has 0 N–H and O–H groups in total. The van der Waals surface area contributed by atoms with E-state index in [1.807, 2.05) is 0 Å². The van der Waals surface area contributed by atoms with Gasteiger partial charge in [-0.05, 0) is 6.42 Å². The van der Waals surface area contributed by atoms with Crippen molar-refractivity contribution in [3.63, 3.8) is 0 Å². The normalized spacial score (nSPS) is 17.5. The van der Waals surface area contributed by atoms with Crippen molar-refractivity contribution in [2.75, 3.05) is 40.8 Å². The summed E-state index contributed by atoms with van der Waals surface area (Å²) in [5.74, 6) is 1.36. The number of hydrogen-bond acceptors (Lipinski definition) is 2. The maximum absolute atomic E-state index is 2.33. The van der Waals surface area contributed by atoms with E-state index in [1.54, 1.807) is 0 Å². The van der Waals surface area contributed by atoms with Crippen LogP contribution < -0.4 is 0 Å². The summed E-state index contributed by atoms with van der Waals surface area (Å²) in [6, 6.07) is 0. The molecule has 3 heteroatoms. The van der Waals surface area contributed by atoms with E-state index >= 15 is 0 Å². The maximum Gasteiger partial charge on any atom is 0.350 e. The zero-order chi connectivity index (χ0) is 9.14. The average molecular weight is 170 g/mol. The molecule has 0 unspecified atom stereocenters. The van der Waals surface area contributed by atoms with Crippen molar-refractivity contribution in [2.45, 2.75) is 13.3 Å². The summed E-state index contributed by atoms with van der Waals surface area (Å²) in [7, 11) is 6.48. The summed E-state index contributed by atoms with van der Waals surface area (Å²) in [6.07, 6.45) is 1.21. The van der Waals surface area contributed by atoms with E-state index in [9.17, 15) is 0 Å². The number of hydrogen-bond donors (Lipinski definition) is 0. The molecule has 70 valence electrons. The zero-order valence-electron chi connectivity index (χ0n) is 8.67. The molecule has 0 fully saturated rings. The van der Waals surface area contributed by atoms with E-state index < -0.39 is 0 Å². The first-order chi connectivity index (χ1) is 5.66. The minimum Gasteiger partial charge on any atom is -0.268 e. The molecule has 0 amide bonds. The third-order valence-electron chi connectivity index (χ3n) is 2.35. The summed E-state index contributed by atoms with van der Waals surface area (Å²) in [5.41, 5.74) is 0. The summed E-state index contributed by atoms with van der Waals surface area (Å²) in [4.78, 5) is 4.64. The molecule has 1 aliphatic rings. The summed E-state index contributed by atoms with van der Waals surface area (Å²) in [5, 5.41) is 0. The first kappa shape index (κ1) is 9.36. The van der Waals surface area contributed by atoms with E-state index in [0.29, 0.717) is 0 Å². The Morgan fingerprint density at radius 1 is 1.58 bits per heavy atom. The molecule has 0 saturated heterocycles. The molecule has 0 radical (unpaired) electrons. The van der Waals surface area contributed by atoms with Gasteiger partial charge in [-0.25, -0.2) is 0 Å². The van der Waals surface area contributed by atoms with Crippen molar-refractivity contribution in [2.24, 2.45) is 0 Å². The average Bonchev–Trinajstić information content (AvgIpc) is 2.32. The molecule has 1 rings (SSSR count). The highest BCUT2D eigenvalue weighted by atomic mass is 15.4. The molecule has 1 aliphatic heterocycles. The lowest BCUT2D eigenvalue weighted by Crippen LogP contribution is -2.40. The monoisotopic (exact) mass is 170 g/mol. The topological polar surface area (TPSA) is 9.49 Å². The second-order valence-corrected chi connectivity index (χ2v) is 3.56. The van der Waals surface area contributed by atoms with Crippen LogP contribution in [0.4, 0.5) is 0 Å². The zero-order valence-corrected chi connectivity index (χ0v) is 8.67. The standard InChI is InChI=1S/C9H20N3/c1-5-6-10(2)9-11(3)7-8-12(9)4/h5-8H2,1-4H3/q+1. The minimum atomic E-state index is 1.14. The van der Waals surface area contributed by atoms with E-state index in [-0.39, 0.29) is 0 Å². The number of likely N-dealkylation sites (N-methyl/N-ethyl adjacent to an activating group) is 2. The first-order valence-corrected chi connectivity index (χ1v) is 4.67. The molecule has 0 aliphatic carbocycles. The summed E-state index contributed by atoms with van der Waals surface area (Å²) < 4.78 is 2.32. The van der Waals surface area contributed by atoms with Crippen LogP contribution in [0.5, 0.6) is 0 Å². The van der Waals surface area contributed by atoms with Crippen molar-refractivity contribution < 1.29 is 4.58 Å². The van der Waals surface area contributed by atoms with Crippen LogP contribution in [-0.4, -0.2) is 61.1 Å². The third-order valence-corrected chi connectivity index (χ3v) is 2.35. The molecular formula is C9H20N3+. The van der Waals surface area contributed by atoms with Gasteiger partial charge in [0.05, 0.1) is 40.8 Å². The Kier molecular flexibility index (Phi) is 2.95. The van der Waals surface area contributed by atoms with E-state index in [0.717, 1.165) is 19.6 Å². The lowest BCUT2D eigenvalue weighted by molar-refractivity contribution is -0.491. The smallest absolute Gasteiger partial charge is 0.268 e. The second kappa shape index (κ2) is 3.78. The predicted molar refractivity (Wildman–Crippen MR) is 51.6 cm³/mol. The van der Waals surface area contributed by atoms with Gasteiger partial charge < -0.3 is 0 Å². The fraction of sp³-hybridized carbons (Fsp3) is 0.889. The molecule has 12 heavy (non-hydrogen) atoms. The van der Waals surface area contributed by atoms with Crippen LogP contribution in [0.25, 0.3) is 0 Å². The third kappa shape index (κ3) is 1.71. The van der Waals surface area contributed by atoms with Gasteiger partial charge in [0, 0.05) is 0 Å². The van der Waals surface area contributed by atoms with Gasteiger partial charge >= 0.3 is 5.96 Å². The Hall–Kier alpha value is -0.730. The second-order valence-electron chi connectivity index (χ2n) is 3.56. The van der Waals surface area contributed by atoms with Crippen LogP contribution in [0, 0.1) is 0 Å². The van der Waals surface area contributed by atoms with Crippen molar-refractivity contribution in [3.8, 4) is 0 Å². The fourth-order valence-corrected chi connectivity index (χ4v) is 1.81. The highest BCUT2D eigenvalue weighted by Crippen LogP contribution is 2.01. The molecule has 0 aromatic carbocycles. The Balaban J connectivity index is 2.64. The maximum atomic E-state index is 2.33. The highest BCUT2D eigenvalue weighted by molar-refractivity contribution is 5.75. The van der Waals surface area contributed by atoms with Crippen LogP contribution in [0.2, 0.25) is 0 Å². The lowest BCUT2D eigenvalue weighted by Gasteiger charge is -2.17. The first-order valence-electron chi connectivity index (χ1n) is 4.67. The Bertz CT molecular complexity index is 186. The Morgan fingerprint density at radius 3 is 2.67 bits per heavy atom. The Morgan fingerprint density at radius 2 is 2.25 bits per heavy atom. The quantitative estimate of drug-likeness (QED) is 0.550. The van der Waals surface area contributed by atoms with Crippen LogP contribution in [-0.2, 0) is 0 Å². The molecule has 0 atom stereocenters. The minimum absolute atomic E-state index is 1.14. The van der Waals surface area contributed by atoms with Crippen molar-refractivity contribution in [1.82, 2.24) is 9.80 Å². The van der Waals surface area contributed by atoms with Crippen molar-refractivity contribution >= 4 is 5.96 Å². The van der Waals surface area contributed by atoms with Crippen molar-refractivity contribution in [3.05, 3.63) is 0 Å². The van der Waals surface area contributed by atoms with Crippen molar-refractivity contribution in [1.29, 1.82) is 0 Å². The van der Waals surface area contributed by atoms with E-state index in [4.69, 9.17) is 0 Å². The molecule has 0 aromatic rings. The number of nitrogens with zero attached hydrogens (tertiary/aromatic N) is 3. The van der Waals surface area contributed by atoms with Gasteiger partial charge in [-0.15, -0.1) is 0 Å². The van der Waals surface area contributed by atoms with Gasteiger partial charge in [0.2, 0.25) is 0 Å². The van der Waals surface area contributed by atoms with E-state index in [1.165, 1.54) is 12.4 Å². The van der Waals surface area contributed by atoms with Crippen LogP contribution in [0.3, 0.4) is 0 Å². The van der Waals surface area contributed by atoms with Crippen LogP contribution in [0.15, 0.2) is 0 Å². The van der Waals surface area contributed by atoms with Gasteiger partial charge in [0.15, 0.2) is 0 Å². The summed E-state index contributed by atoms with van der Waals surface area (Å²) in [6.45, 7) is 5.66. The molecule has 1 heterocycles.